The van der Waals surface area contributed by atoms with Gasteiger partial charge in [0.15, 0.2) is 0 Å². The number of rotatable bonds is 5. The molecule has 0 radical (unpaired) electrons. The summed E-state index contributed by atoms with van der Waals surface area (Å²) in [5, 5.41) is 9.38. The fourth-order valence-electron chi connectivity index (χ4n) is 2.78. The van der Waals surface area contributed by atoms with E-state index in [1.54, 1.807) is 4.90 Å². The minimum atomic E-state index is -0.939. The third-order valence-electron chi connectivity index (χ3n) is 3.63. The van der Waals surface area contributed by atoms with Gasteiger partial charge in [0.05, 0.1) is 18.6 Å². The van der Waals surface area contributed by atoms with E-state index >= 15 is 0 Å². The van der Waals surface area contributed by atoms with E-state index in [1.165, 1.54) is 0 Å². The highest BCUT2D eigenvalue weighted by Gasteiger charge is 2.44. The molecule has 2 rings (SSSR count). The minimum absolute atomic E-state index is 0.0499. The zero-order valence-electron chi connectivity index (χ0n) is 11.7. The molecule has 0 aliphatic carbocycles. The molecule has 108 valence electrons. The van der Waals surface area contributed by atoms with Gasteiger partial charge in [0, 0.05) is 18.5 Å². The van der Waals surface area contributed by atoms with Crippen LogP contribution in [-0.4, -0.2) is 35.0 Å². The van der Waals surface area contributed by atoms with E-state index in [1.807, 2.05) is 38.1 Å². The summed E-state index contributed by atoms with van der Waals surface area (Å²) < 4.78 is 5.57. The van der Waals surface area contributed by atoms with Crippen molar-refractivity contribution in [3.8, 4) is 5.75 Å². The van der Waals surface area contributed by atoms with Crippen LogP contribution in [0.25, 0.3) is 0 Å². The first kappa shape index (κ1) is 14.4. The van der Waals surface area contributed by atoms with Gasteiger partial charge in [0.1, 0.15) is 5.75 Å². The van der Waals surface area contributed by atoms with Crippen molar-refractivity contribution in [3.05, 3.63) is 29.8 Å². The molecule has 1 saturated heterocycles. The lowest BCUT2D eigenvalue weighted by Gasteiger charge is -2.27. The van der Waals surface area contributed by atoms with Crippen LogP contribution in [0.4, 0.5) is 0 Å². The Balaban J connectivity index is 2.46. The topological polar surface area (TPSA) is 66.8 Å². The first-order valence-corrected chi connectivity index (χ1v) is 6.84. The van der Waals surface area contributed by atoms with E-state index in [0.29, 0.717) is 18.9 Å². The maximum atomic E-state index is 12.0. The number of hydrogen-bond acceptors (Lipinski definition) is 3. The van der Waals surface area contributed by atoms with Gasteiger partial charge >= 0.3 is 5.97 Å². The molecule has 5 nitrogen and oxygen atoms in total. The Labute approximate surface area is 118 Å². The number of likely N-dealkylation sites (tertiary alicyclic amines) is 1. The number of ether oxygens (including phenoxy) is 1. The number of carbonyl (C=O) groups excluding carboxylic acids is 1. The number of carbonyl (C=O) groups is 2. The highest BCUT2D eigenvalue weighted by atomic mass is 16.5. The number of amides is 1. The van der Waals surface area contributed by atoms with Crippen LogP contribution in [0.1, 0.15) is 31.9 Å². The fraction of sp³-hybridized carbons (Fsp3) is 0.467. The van der Waals surface area contributed by atoms with Crippen molar-refractivity contribution in [1.29, 1.82) is 0 Å². The molecule has 1 heterocycles. The van der Waals surface area contributed by atoms with Crippen LogP contribution in [0.5, 0.6) is 5.75 Å². The van der Waals surface area contributed by atoms with Crippen molar-refractivity contribution in [2.75, 3.05) is 13.2 Å². The normalized spacial score (nSPS) is 22.1. The van der Waals surface area contributed by atoms with Crippen molar-refractivity contribution in [1.82, 2.24) is 4.90 Å². The van der Waals surface area contributed by atoms with Crippen LogP contribution < -0.4 is 4.74 Å². The molecular weight excluding hydrogens is 258 g/mol. The minimum Gasteiger partial charge on any atom is -0.494 e. The van der Waals surface area contributed by atoms with Gasteiger partial charge in [-0.2, -0.15) is 0 Å². The molecule has 1 N–H and O–H groups in total. The summed E-state index contributed by atoms with van der Waals surface area (Å²) in [6, 6.07) is 6.89. The summed E-state index contributed by atoms with van der Waals surface area (Å²) >= 11 is 0. The van der Waals surface area contributed by atoms with Gasteiger partial charge in [-0.1, -0.05) is 18.2 Å². The lowest BCUT2D eigenvalue weighted by Crippen LogP contribution is -2.30. The second-order valence-corrected chi connectivity index (χ2v) is 4.74. The standard InChI is InChI=1S/C15H19NO4/c1-3-16-13(17)9-11(15(18)19)14(16)10-7-5-6-8-12(10)20-4-2/h5-8,11,14H,3-4,9H2,1-2H3,(H,18,19). The lowest BCUT2D eigenvalue weighted by atomic mass is 9.93. The van der Waals surface area contributed by atoms with Crippen LogP contribution in [0.2, 0.25) is 0 Å². The van der Waals surface area contributed by atoms with Gasteiger partial charge in [-0.25, -0.2) is 0 Å². The van der Waals surface area contributed by atoms with E-state index in [2.05, 4.69) is 0 Å². The number of hydrogen-bond donors (Lipinski definition) is 1. The second-order valence-electron chi connectivity index (χ2n) is 4.74. The first-order chi connectivity index (χ1) is 9.60. The molecule has 2 unspecified atom stereocenters. The number of aliphatic carboxylic acids is 1. The van der Waals surface area contributed by atoms with Crippen LogP contribution >= 0.6 is 0 Å². The average molecular weight is 277 g/mol. The smallest absolute Gasteiger partial charge is 0.309 e. The second kappa shape index (κ2) is 5.94. The zero-order chi connectivity index (χ0) is 14.7. The zero-order valence-corrected chi connectivity index (χ0v) is 11.7. The van der Waals surface area contributed by atoms with E-state index in [4.69, 9.17) is 4.74 Å². The van der Waals surface area contributed by atoms with Gasteiger partial charge < -0.3 is 14.7 Å². The first-order valence-electron chi connectivity index (χ1n) is 6.84. The molecule has 20 heavy (non-hydrogen) atoms. The van der Waals surface area contributed by atoms with E-state index in [0.717, 1.165) is 5.56 Å². The summed E-state index contributed by atoms with van der Waals surface area (Å²) in [5.41, 5.74) is 0.773. The third-order valence-corrected chi connectivity index (χ3v) is 3.63. The Kier molecular flexibility index (Phi) is 4.27. The summed E-state index contributed by atoms with van der Waals surface area (Å²) in [5.74, 6) is -1.12. The van der Waals surface area contributed by atoms with Crippen LogP contribution in [0.3, 0.4) is 0 Å². The summed E-state index contributed by atoms with van der Waals surface area (Å²) in [6.45, 7) is 4.73. The predicted molar refractivity (Wildman–Crippen MR) is 73.5 cm³/mol. The average Bonchev–Trinajstić information content (AvgIpc) is 2.76. The Morgan fingerprint density at radius 2 is 2.10 bits per heavy atom. The summed E-state index contributed by atoms with van der Waals surface area (Å²) in [4.78, 5) is 25.1. The van der Waals surface area contributed by atoms with Crippen molar-refractivity contribution in [2.24, 2.45) is 5.92 Å². The Morgan fingerprint density at radius 1 is 1.40 bits per heavy atom. The quantitative estimate of drug-likeness (QED) is 0.894. The van der Waals surface area contributed by atoms with Crippen LogP contribution in [0.15, 0.2) is 24.3 Å². The van der Waals surface area contributed by atoms with Gasteiger partial charge in [-0.15, -0.1) is 0 Å². The van der Waals surface area contributed by atoms with E-state index in [9.17, 15) is 14.7 Å². The molecule has 1 aliphatic rings. The number of para-hydroxylation sites is 1. The molecule has 1 aromatic carbocycles. The number of benzene rings is 1. The molecule has 0 bridgehead atoms. The van der Waals surface area contributed by atoms with Gasteiger partial charge in [-0.3, -0.25) is 9.59 Å². The Hall–Kier alpha value is -2.04. The highest BCUT2D eigenvalue weighted by molar-refractivity contribution is 5.87. The maximum absolute atomic E-state index is 12.0. The third kappa shape index (κ3) is 2.48. The maximum Gasteiger partial charge on any atom is 0.309 e. The van der Waals surface area contributed by atoms with E-state index in [-0.39, 0.29) is 12.3 Å². The van der Waals surface area contributed by atoms with Crippen molar-refractivity contribution >= 4 is 11.9 Å². The van der Waals surface area contributed by atoms with Crippen molar-refractivity contribution in [3.63, 3.8) is 0 Å². The number of nitrogens with zero attached hydrogens (tertiary/aromatic N) is 1. The molecule has 1 fully saturated rings. The van der Waals surface area contributed by atoms with E-state index < -0.39 is 17.9 Å². The molecule has 0 aromatic heterocycles. The summed E-state index contributed by atoms with van der Waals surface area (Å²) in [6.07, 6.45) is 0.0499. The lowest BCUT2D eigenvalue weighted by molar-refractivity contribution is -0.142. The molecule has 1 aliphatic heterocycles. The predicted octanol–water partition coefficient (Wildman–Crippen LogP) is 2.08. The SMILES string of the molecule is CCOc1ccccc1C1C(C(=O)O)CC(=O)N1CC. The Morgan fingerprint density at radius 3 is 2.70 bits per heavy atom. The molecule has 1 amide bonds. The van der Waals surface area contributed by atoms with Crippen molar-refractivity contribution < 1.29 is 19.4 Å². The number of carboxylic acid groups (broad SMARTS) is 1. The fourth-order valence-corrected chi connectivity index (χ4v) is 2.78. The monoisotopic (exact) mass is 277 g/mol. The van der Waals surface area contributed by atoms with Gasteiger partial charge in [0.25, 0.3) is 0 Å². The largest absolute Gasteiger partial charge is 0.494 e. The Bertz CT molecular complexity index is 514. The highest BCUT2D eigenvalue weighted by Crippen LogP contribution is 2.41. The van der Waals surface area contributed by atoms with Crippen LogP contribution in [-0.2, 0) is 9.59 Å². The van der Waals surface area contributed by atoms with Crippen LogP contribution in [0, 0.1) is 5.92 Å². The molecule has 2 atom stereocenters. The molecule has 1 aromatic rings. The van der Waals surface area contributed by atoms with Gasteiger partial charge in [-0.05, 0) is 19.9 Å². The molecule has 0 spiro atoms. The number of carboxylic acids is 1. The molecule has 0 saturated carbocycles. The van der Waals surface area contributed by atoms with Gasteiger partial charge in [0.2, 0.25) is 5.91 Å². The van der Waals surface area contributed by atoms with Crippen molar-refractivity contribution in [2.45, 2.75) is 26.3 Å². The molecular formula is C15H19NO4. The molecule has 5 heteroatoms. The summed E-state index contributed by atoms with van der Waals surface area (Å²) in [7, 11) is 0.